The van der Waals surface area contributed by atoms with Crippen LogP contribution in [0.25, 0.3) is 0 Å². The number of hydrogen-bond donors (Lipinski definition) is 0. The summed E-state index contributed by atoms with van der Waals surface area (Å²) < 4.78 is 5.28. The zero-order valence-corrected chi connectivity index (χ0v) is 13.8. The van der Waals surface area contributed by atoms with Crippen LogP contribution in [0.1, 0.15) is 13.3 Å². The lowest BCUT2D eigenvalue weighted by Gasteiger charge is -2.37. The molecular formula is C18H22N2O4. The van der Waals surface area contributed by atoms with E-state index in [2.05, 4.69) is 12.2 Å². The van der Waals surface area contributed by atoms with Crippen LogP contribution in [-0.4, -0.2) is 59.9 Å². The van der Waals surface area contributed by atoms with Gasteiger partial charge in [-0.3, -0.25) is 19.3 Å². The molecular weight excluding hydrogens is 308 g/mol. The van der Waals surface area contributed by atoms with Gasteiger partial charge in [-0.1, -0.05) is 12.2 Å². The highest BCUT2D eigenvalue weighted by Gasteiger charge is 2.67. The van der Waals surface area contributed by atoms with Crippen LogP contribution in [0.4, 0.5) is 0 Å². The second-order valence-corrected chi connectivity index (χ2v) is 7.81. The molecule has 0 spiro atoms. The highest BCUT2D eigenvalue weighted by Crippen LogP contribution is 2.65. The minimum Gasteiger partial charge on any atom is -0.378 e. The average Bonchev–Trinajstić information content (AvgIpc) is 3.39. The van der Waals surface area contributed by atoms with E-state index in [1.807, 2.05) is 0 Å². The number of rotatable bonds is 2. The van der Waals surface area contributed by atoms with Gasteiger partial charge < -0.3 is 9.64 Å². The molecule has 6 rings (SSSR count). The topological polar surface area (TPSA) is 66.9 Å². The maximum atomic E-state index is 13.0. The van der Waals surface area contributed by atoms with Gasteiger partial charge in [-0.15, -0.1) is 0 Å². The molecule has 128 valence electrons. The van der Waals surface area contributed by atoms with Gasteiger partial charge in [0.2, 0.25) is 17.7 Å². The van der Waals surface area contributed by atoms with Crippen molar-refractivity contribution in [2.24, 2.45) is 35.5 Å². The molecule has 2 saturated heterocycles. The summed E-state index contributed by atoms with van der Waals surface area (Å²) in [5.74, 6) is 0.754. The van der Waals surface area contributed by atoms with Gasteiger partial charge in [-0.25, -0.2) is 0 Å². The van der Waals surface area contributed by atoms with E-state index in [1.165, 1.54) is 4.90 Å². The van der Waals surface area contributed by atoms with E-state index in [0.717, 1.165) is 6.42 Å². The molecule has 6 nitrogen and oxygen atoms in total. The molecule has 0 radical (unpaired) electrons. The lowest BCUT2D eigenvalue weighted by atomic mass is 9.63. The summed E-state index contributed by atoms with van der Waals surface area (Å²) in [6.45, 7) is 3.79. The third-order valence-corrected chi connectivity index (χ3v) is 6.76. The van der Waals surface area contributed by atoms with E-state index in [1.54, 1.807) is 11.8 Å². The van der Waals surface area contributed by atoms with Crippen molar-refractivity contribution in [3.05, 3.63) is 12.2 Å². The number of allylic oxidation sites excluding steroid dienone is 2. The minimum absolute atomic E-state index is 0.121. The van der Waals surface area contributed by atoms with Crippen molar-refractivity contribution >= 4 is 17.7 Å². The summed E-state index contributed by atoms with van der Waals surface area (Å²) in [7, 11) is 0. The fraction of sp³-hybridized carbons (Fsp3) is 0.722. The smallest absolute Gasteiger partial charge is 0.245 e. The Morgan fingerprint density at radius 1 is 1.08 bits per heavy atom. The van der Waals surface area contributed by atoms with Crippen molar-refractivity contribution in [3.8, 4) is 0 Å². The highest BCUT2D eigenvalue weighted by molar-refractivity contribution is 6.09. The molecule has 2 bridgehead atoms. The zero-order chi connectivity index (χ0) is 16.6. The van der Waals surface area contributed by atoms with Crippen molar-refractivity contribution in [2.45, 2.75) is 19.4 Å². The number of nitrogens with zero attached hydrogens (tertiary/aromatic N) is 2. The third-order valence-electron chi connectivity index (χ3n) is 6.76. The summed E-state index contributed by atoms with van der Waals surface area (Å²) >= 11 is 0. The number of likely N-dealkylation sites (tertiary alicyclic amines) is 1. The van der Waals surface area contributed by atoms with Crippen LogP contribution in [0.3, 0.4) is 0 Å². The largest absolute Gasteiger partial charge is 0.378 e. The molecule has 0 aromatic rings. The number of ether oxygens (including phenoxy) is 1. The van der Waals surface area contributed by atoms with Crippen molar-refractivity contribution in [1.29, 1.82) is 0 Å². The van der Waals surface area contributed by atoms with Gasteiger partial charge in [0.1, 0.15) is 6.04 Å². The Labute approximate surface area is 140 Å². The standard InChI is InChI=1S/C18H22N2O4/c1-9(16(21)19-4-6-24-7-5-19)20-17(22)14-10-2-3-11(13-8-12(10)13)15(14)18(20)23/h2-3,9-15H,4-8H2,1H3/t9-,10-,11-,12-,13+,14+,15+/m1/s1. The van der Waals surface area contributed by atoms with Crippen LogP contribution in [0.5, 0.6) is 0 Å². The van der Waals surface area contributed by atoms with Crippen LogP contribution in [0, 0.1) is 35.5 Å². The first-order valence-corrected chi connectivity index (χ1v) is 9.01. The SMILES string of the molecule is C[C@H](C(=O)N1CCOCC1)N1C(=O)[C@H]2[C@@H]3C=C[C@H]([C@@H]4C[C@H]34)[C@@H]2C1=O. The summed E-state index contributed by atoms with van der Waals surface area (Å²) in [6.07, 6.45) is 5.46. The molecule has 6 aliphatic rings. The zero-order valence-electron chi connectivity index (χ0n) is 13.8. The monoisotopic (exact) mass is 330 g/mol. The summed E-state index contributed by atoms with van der Waals surface area (Å²) in [6, 6.07) is -0.704. The third kappa shape index (κ3) is 1.78. The summed E-state index contributed by atoms with van der Waals surface area (Å²) in [5, 5.41) is 0. The van der Waals surface area contributed by atoms with Crippen LogP contribution in [0.2, 0.25) is 0 Å². The normalized spacial score (nSPS) is 43.7. The van der Waals surface area contributed by atoms with E-state index in [9.17, 15) is 14.4 Å². The first-order valence-electron chi connectivity index (χ1n) is 9.01. The molecule has 0 N–H and O–H groups in total. The fourth-order valence-electron chi connectivity index (χ4n) is 5.52. The van der Waals surface area contributed by atoms with Gasteiger partial charge in [0, 0.05) is 13.1 Å². The Balaban J connectivity index is 1.40. The Bertz CT molecular complexity index is 617. The number of carbonyl (C=O) groups excluding carboxylic acids is 3. The van der Waals surface area contributed by atoms with Gasteiger partial charge in [0.05, 0.1) is 25.0 Å². The van der Waals surface area contributed by atoms with Crippen molar-refractivity contribution < 1.29 is 19.1 Å². The minimum atomic E-state index is -0.704. The molecule has 2 heterocycles. The predicted molar refractivity (Wildman–Crippen MR) is 83.4 cm³/mol. The number of hydrogen-bond acceptors (Lipinski definition) is 4. The van der Waals surface area contributed by atoms with Crippen molar-refractivity contribution in [2.75, 3.05) is 26.3 Å². The second kappa shape index (κ2) is 4.91. The van der Waals surface area contributed by atoms with Crippen LogP contribution in [-0.2, 0) is 19.1 Å². The van der Waals surface area contributed by atoms with Crippen LogP contribution >= 0.6 is 0 Å². The van der Waals surface area contributed by atoms with Crippen molar-refractivity contribution in [3.63, 3.8) is 0 Å². The molecule has 4 fully saturated rings. The molecule has 4 aliphatic carbocycles. The predicted octanol–water partition coefficient (Wildman–Crippen LogP) is 0.287. The molecule has 3 amide bonds. The van der Waals surface area contributed by atoms with E-state index >= 15 is 0 Å². The Morgan fingerprint density at radius 3 is 2.17 bits per heavy atom. The summed E-state index contributed by atoms with van der Waals surface area (Å²) in [4.78, 5) is 41.8. The van der Waals surface area contributed by atoms with Gasteiger partial charge in [0.25, 0.3) is 0 Å². The van der Waals surface area contributed by atoms with Gasteiger partial charge >= 0.3 is 0 Å². The average molecular weight is 330 g/mol. The van der Waals surface area contributed by atoms with Crippen LogP contribution < -0.4 is 0 Å². The molecule has 6 heteroatoms. The second-order valence-electron chi connectivity index (χ2n) is 7.81. The molecule has 0 aromatic carbocycles. The number of morpholine rings is 1. The van der Waals surface area contributed by atoms with Crippen LogP contribution in [0.15, 0.2) is 12.2 Å². The van der Waals surface area contributed by atoms with Gasteiger partial charge in [-0.05, 0) is 37.0 Å². The number of imide groups is 1. The molecule has 2 aliphatic heterocycles. The lowest BCUT2D eigenvalue weighted by Crippen LogP contribution is -2.52. The van der Waals surface area contributed by atoms with E-state index in [0.29, 0.717) is 38.1 Å². The fourth-order valence-corrected chi connectivity index (χ4v) is 5.52. The lowest BCUT2D eigenvalue weighted by molar-refractivity contribution is -0.152. The van der Waals surface area contributed by atoms with E-state index in [4.69, 9.17) is 4.74 Å². The Kier molecular flexibility index (Phi) is 2.99. The Hall–Kier alpha value is -1.69. The maximum Gasteiger partial charge on any atom is 0.245 e. The summed E-state index contributed by atoms with van der Waals surface area (Å²) in [5.41, 5.74) is 0. The van der Waals surface area contributed by atoms with Gasteiger partial charge in [-0.2, -0.15) is 0 Å². The molecule has 7 atom stereocenters. The number of amides is 3. The highest BCUT2D eigenvalue weighted by atomic mass is 16.5. The molecule has 0 unspecified atom stereocenters. The quantitative estimate of drug-likeness (QED) is 0.539. The molecule has 24 heavy (non-hydrogen) atoms. The van der Waals surface area contributed by atoms with Crippen molar-refractivity contribution in [1.82, 2.24) is 9.80 Å². The first kappa shape index (κ1) is 14.6. The molecule has 0 aromatic heterocycles. The van der Waals surface area contributed by atoms with Gasteiger partial charge in [0.15, 0.2) is 0 Å². The van der Waals surface area contributed by atoms with E-state index < -0.39 is 6.04 Å². The Morgan fingerprint density at radius 2 is 1.62 bits per heavy atom. The van der Waals surface area contributed by atoms with E-state index in [-0.39, 0.29) is 41.4 Å². The molecule has 2 saturated carbocycles. The maximum absolute atomic E-state index is 13.0. The number of carbonyl (C=O) groups is 3. The first-order chi connectivity index (χ1) is 11.6.